The van der Waals surface area contributed by atoms with Gasteiger partial charge < -0.3 is 9.80 Å². The van der Waals surface area contributed by atoms with Crippen LogP contribution in [0, 0.1) is 4.77 Å². The number of halogens is 3. The number of nitrogens with one attached hydrogen (secondary N) is 1. The van der Waals surface area contributed by atoms with Gasteiger partial charge in [-0.2, -0.15) is 18.3 Å². The quantitative estimate of drug-likeness (QED) is 0.577. The number of piperazine rings is 1. The Bertz CT molecular complexity index is 1160. The number of alkyl halides is 3. The van der Waals surface area contributed by atoms with E-state index in [1.54, 1.807) is 9.47 Å². The maximum Gasteiger partial charge on any atom is 0.416 e. The summed E-state index contributed by atoms with van der Waals surface area (Å²) in [6.45, 7) is 1.26. The molecule has 0 saturated carbocycles. The van der Waals surface area contributed by atoms with Gasteiger partial charge >= 0.3 is 6.18 Å². The molecule has 0 radical (unpaired) electrons. The summed E-state index contributed by atoms with van der Waals surface area (Å²) in [5.41, 5.74) is -0.618. The minimum Gasteiger partial charge on any atom is -0.338 e. The van der Waals surface area contributed by atoms with Crippen LogP contribution in [0.5, 0.6) is 0 Å². The zero-order valence-corrected chi connectivity index (χ0v) is 18.3. The minimum absolute atomic E-state index is 0.0232. The van der Waals surface area contributed by atoms with Crippen LogP contribution in [-0.2, 0) is 17.5 Å². The number of rotatable bonds is 4. The Morgan fingerprint density at radius 3 is 2.31 bits per heavy atom. The first-order valence-corrected chi connectivity index (χ1v) is 11.0. The Kier molecular flexibility index (Phi) is 6.15. The number of benzene rings is 1. The monoisotopic (exact) mass is 481 g/mol. The predicted octanol–water partition coefficient (Wildman–Crippen LogP) is 3.67. The molecular formula is C20H18F3N5O2S2. The van der Waals surface area contributed by atoms with Crippen molar-refractivity contribution in [3.8, 4) is 10.7 Å². The fourth-order valence-electron chi connectivity index (χ4n) is 3.44. The number of amides is 2. The highest BCUT2D eigenvalue weighted by Crippen LogP contribution is 2.29. The fraction of sp³-hybridized carbons (Fsp3) is 0.300. The van der Waals surface area contributed by atoms with E-state index in [1.807, 2.05) is 17.5 Å². The van der Waals surface area contributed by atoms with E-state index < -0.39 is 11.7 Å². The van der Waals surface area contributed by atoms with Crippen LogP contribution in [0.3, 0.4) is 0 Å². The van der Waals surface area contributed by atoms with Crippen LogP contribution in [0.25, 0.3) is 10.7 Å². The maximum absolute atomic E-state index is 12.8. The van der Waals surface area contributed by atoms with Gasteiger partial charge in [-0.3, -0.25) is 19.3 Å². The summed E-state index contributed by atoms with van der Waals surface area (Å²) in [5.74, 6) is 0.0826. The van der Waals surface area contributed by atoms with E-state index in [-0.39, 0.29) is 23.9 Å². The number of aromatic nitrogens is 3. The van der Waals surface area contributed by atoms with Crippen molar-refractivity contribution in [2.45, 2.75) is 12.7 Å². The lowest BCUT2D eigenvalue weighted by Crippen LogP contribution is -2.51. The van der Waals surface area contributed by atoms with E-state index >= 15 is 0 Å². The lowest BCUT2D eigenvalue weighted by Gasteiger charge is -2.35. The van der Waals surface area contributed by atoms with E-state index in [0.717, 1.165) is 17.0 Å². The highest BCUT2D eigenvalue weighted by Gasteiger charge is 2.31. The molecule has 1 aliphatic heterocycles. The van der Waals surface area contributed by atoms with Crippen LogP contribution in [0.1, 0.15) is 15.9 Å². The van der Waals surface area contributed by atoms with E-state index in [2.05, 4.69) is 10.2 Å². The van der Waals surface area contributed by atoms with E-state index in [9.17, 15) is 22.8 Å². The standard InChI is InChI=1S/C20H18F3N5O2S2/c21-20(22,23)14-5-3-13(4-6-14)18(30)27-9-7-26(8-10-27)16(29)12-28-17(24-25-19(28)31)15-2-1-11-32-15/h1-6,11H,7-10,12H2,(H,25,31). The Hall–Kier alpha value is -2.99. The SMILES string of the molecule is O=C(Cn1c(-c2cccs2)n[nH]c1=S)N1CCN(C(=O)c2ccc(C(F)(F)F)cc2)CC1. The first-order valence-electron chi connectivity index (χ1n) is 9.67. The average molecular weight is 482 g/mol. The zero-order valence-electron chi connectivity index (χ0n) is 16.6. The zero-order chi connectivity index (χ0) is 22.9. The second-order valence-electron chi connectivity index (χ2n) is 7.16. The predicted molar refractivity (Wildman–Crippen MR) is 115 cm³/mol. The Morgan fingerprint density at radius 1 is 1.06 bits per heavy atom. The Balaban J connectivity index is 1.37. The molecule has 0 atom stereocenters. The van der Waals surface area contributed by atoms with Crippen LogP contribution in [0.4, 0.5) is 13.2 Å². The Morgan fingerprint density at radius 2 is 1.72 bits per heavy atom. The molecule has 1 fully saturated rings. The molecule has 1 aromatic carbocycles. The van der Waals surface area contributed by atoms with Crippen molar-refractivity contribution in [3.63, 3.8) is 0 Å². The number of carbonyl (C=O) groups excluding carboxylic acids is 2. The molecule has 2 aromatic heterocycles. The van der Waals surface area contributed by atoms with Gasteiger partial charge in [0.05, 0.1) is 10.4 Å². The molecule has 0 bridgehead atoms. The lowest BCUT2D eigenvalue weighted by molar-refractivity contribution is -0.137. The summed E-state index contributed by atoms with van der Waals surface area (Å²) in [6.07, 6.45) is -4.45. The molecule has 1 saturated heterocycles. The second-order valence-corrected chi connectivity index (χ2v) is 8.50. The van der Waals surface area contributed by atoms with Gasteiger partial charge in [-0.1, -0.05) is 6.07 Å². The van der Waals surface area contributed by atoms with E-state index in [4.69, 9.17) is 12.2 Å². The van der Waals surface area contributed by atoms with Crippen molar-refractivity contribution in [1.82, 2.24) is 24.6 Å². The molecule has 0 aliphatic carbocycles. The van der Waals surface area contributed by atoms with Crippen LogP contribution < -0.4 is 0 Å². The summed E-state index contributed by atoms with van der Waals surface area (Å²) < 4.78 is 40.1. The topological polar surface area (TPSA) is 74.2 Å². The average Bonchev–Trinajstić information content (AvgIpc) is 3.43. The number of hydrogen-bond donors (Lipinski definition) is 1. The van der Waals surface area contributed by atoms with Crippen LogP contribution in [0.15, 0.2) is 41.8 Å². The van der Waals surface area contributed by atoms with Gasteiger partial charge in [0.2, 0.25) is 5.91 Å². The molecule has 0 spiro atoms. The third kappa shape index (κ3) is 4.60. The normalized spacial score (nSPS) is 14.6. The number of H-pyrrole nitrogens is 1. The minimum atomic E-state index is -4.45. The molecule has 1 N–H and O–H groups in total. The molecule has 168 valence electrons. The molecule has 3 aromatic rings. The first kappa shape index (κ1) is 22.2. The van der Waals surface area contributed by atoms with Gasteiger partial charge in [0, 0.05) is 31.7 Å². The fourth-order valence-corrected chi connectivity index (χ4v) is 4.36. The largest absolute Gasteiger partial charge is 0.416 e. The van der Waals surface area contributed by atoms with Crippen molar-refractivity contribution in [2.75, 3.05) is 26.2 Å². The van der Waals surface area contributed by atoms with Gasteiger partial charge in [-0.25, -0.2) is 0 Å². The second kappa shape index (κ2) is 8.87. The lowest BCUT2D eigenvalue weighted by atomic mass is 10.1. The summed E-state index contributed by atoms with van der Waals surface area (Å²) in [5, 5.41) is 8.83. The summed E-state index contributed by atoms with van der Waals surface area (Å²) in [6, 6.07) is 7.92. The van der Waals surface area contributed by atoms with Crippen molar-refractivity contribution < 1.29 is 22.8 Å². The molecular weight excluding hydrogens is 463 g/mol. The summed E-state index contributed by atoms with van der Waals surface area (Å²) in [4.78, 5) is 29.5. The van der Waals surface area contributed by atoms with Crippen molar-refractivity contribution in [3.05, 3.63) is 57.7 Å². The molecule has 3 heterocycles. The smallest absolute Gasteiger partial charge is 0.338 e. The number of hydrogen-bond acceptors (Lipinski definition) is 5. The van der Waals surface area contributed by atoms with Crippen LogP contribution in [-0.4, -0.2) is 62.6 Å². The highest BCUT2D eigenvalue weighted by atomic mass is 32.1. The molecule has 1 aliphatic rings. The summed E-state index contributed by atoms with van der Waals surface area (Å²) >= 11 is 6.75. The molecule has 7 nitrogen and oxygen atoms in total. The number of nitrogens with zero attached hydrogens (tertiary/aromatic N) is 4. The van der Waals surface area contributed by atoms with Crippen molar-refractivity contribution >= 4 is 35.4 Å². The molecule has 2 amide bonds. The van der Waals surface area contributed by atoms with Gasteiger partial charge in [0.15, 0.2) is 10.6 Å². The van der Waals surface area contributed by atoms with Crippen LogP contribution >= 0.6 is 23.6 Å². The molecule has 12 heteroatoms. The van der Waals surface area contributed by atoms with E-state index in [1.165, 1.54) is 28.4 Å². The van der Waals surface area contributed by atoms with Gasteiger partial charge in [0.25, 0.3) is 5.91 Å². The van der Waals surface area contributed by atoms with Gasteiger partial charge in [0.1, 0.15) is 6.54 Å². The first-order chi connectivity index (χ1) is 15.2. The van der Waals surface area contributed by atoms with Crippen molar-refractivity contribution in [2.24, 2.45) is 0 Å². The number of carbonyl (C=O) groups is 2. The Labute approximate surface area is 190 Å². The summed E-state index contributed by atoms with van der Waals surface area (Å²) in [7, 11) is 0. The third-order valence-corrected chi connectivity index (χ3v) is 6.35. The maximum atomic E-state index is 12.8. The van der Waals surface area contributed by atoms with E-state index in [0.29, 0.717) is 36.8 Å². The highest BCUT2D eigenvalue weighted by molar-refractivity contribution is 7.71. The number of aromatic amines is 1. The van der Waals surface area contributed by atoms with Crippen molar-refractivity contribution in [1.29, 1.82) is 0 Å². The molecule has 32 heavy (non-hydrogen) atoms. The third-order valence-electron chi connectivity index (χ3n) is 5.17. The number of thiophene rings is 1. The molecule has 0 unspecified atom stereocenters. The van der Waals surface area contributed by atoms with Gasteiger partial charge in [-0.15, -0.1) is 11.3 Å². The van der Waals surface area contributed by atoms with Gasteiger partial charge in [-0.05, 0) is 47.9 Å². The molecule has 4 rings (SSSR count). The van der Waals surface area contributed by atoms with Crippen LogP contribution in [0.2, 0.25) is 0 Å².